The highest BCUT2D eigenvalue weighted by Crippen LogP contribution is 2.23. The monoisotopic (exact) mass is 448 g/mol. The van der Waals surface area contributed by atoms with Gasteiger partial charge in [-0.25, -0.2) is 4.39 Å². The van der Waals surface area contributed by atoms with Crippen LogP contribution in [-0.2, 0) is 4.79 Å². The molecule has 0 saturated carbocycles. The predicted molar refractivity (Wildman–Crippen MR) is 116 cm³/mol. The lowest BCUT2D eigenvalue weighted by Crippen LogP contribution is -2.14. The van der Waals surface area contributed by atoms with Crippen LogP contribution in [0.15, 0.2) is 58.6 Å². The second-order valence-electron chi connectivity index (χ2n) is 5.64. The molecule has 3 aromatic rings. The minimum absolute atomic E-state index is 0.181. The van der Waals surface area contributed by atoms with Gasteiger partial charge in [0.25, 0.3) is 5.91 Å². The number of hydrogen-bond acceptors (Lipinski definition) is 7. The van der Waals surface area contributed by atoms with Crippen LogP contribution in [0.25, 0.3) is 0 Å². The zero-order valence-corrected chi connectivity index (χ0v) is 17.8. The lowest BCUT2D eigenvalue weighted by molar-refractivity contribution is -0.113. The highest BCUT2D eigenvalue weighted by Gasteiger charge is 2.10. The third kappa shape index (κ3) is 6.55. The van der Waals surface area contributed by atoms with E-state index < -0.39 is 5.82 Å². The van der Waals surface area contributed by atoms with Gasteiger partial charge >= 0.3 is 0 Å². The van der Waals surface area contributed by atoms with Gasteiger partial charge in [-0.05, 0) is 48.2 Å². The van der Waals surface area contributed by atoms with Crippen molar-refractivity contribution in [2.45, 2.75) is 17.0 Å². The van der Waals surface area contributed by atoms with Crippen LogP contribution >= 0.6 is 35.1 Å². The van der Waals surface area contributed by atoms with Gasteiger partial charge in [-0.15, -0.1) is 11.8 Å². The molecular formula is C19H17FN4O2S3. The van der Waals surface area contributed by atoms with Crippen molar-refractivity contribution >= 4 is 57.7 Å². The highest BCUT2D eigenvalue weighted by molar-refractivity contribution is 8.00. The molecule has 2 amide bonds. The van der Waals surface area contributed by atoms with Gasteiger partial charge in [-0.1, -0.05) is 24.8 Å². The number of nitrogens with one attached hydrogen (secondary N) is 2. The maximum Gasteiger partial charge on any atom is 0.255 e. The van der Waals surface area contributed by atoms with Crippen LogP contribution in [0.4, 0.5) is 15.2 Å². The molecule has 0 unspecified atom stereocenters. The molecule has 0 spiro atoms. The molecule has 0 fully saturated rings. The van der Waals surface area contributed by atoms with Crippen molar-refractivity contribution in [3.8, 4) is 0 Å². The van der Waals surface area contributed by atoms with Gasteiger partial charge in [0, 0.05) is 27.7 Å². The number of carbonyl (C=O) groups is 2. The standard InChI is InChI=1S/C19H17FN4O2S3/c1-2-27-19-23-18(29-24-19)22-16(25)11-28-15-5-3-4-14(10-15)21-17(26)12-6-8-13(20)9-7-12/h3-10H,2,11H2,1H3,(H,21,26)(H,22,23,24,25). The number of hydrogen-bond donors (Lipinski definition) is 2. The molecule has 29 heavy (non-hydrogen) atoms. The number of carbonyl (C=O) groups excluding carboxylic acids is 2. The fraction of sp³-hybridized carbons (Fsp3) is 0.158. The van der Waals surface area contributed by atoms with Gasteiger partial charge in [-0.3, -0.25) is 14.9 Å². The Morgan fingerprint density at radius 2 is 1.90 bits per heavy atom. The summed E-state index contributed by atoms with van der Waals surface area (Å²) in [6, 6.07) is 12.5. The topological polar surface area (TPSA) is 84.0 Å². The summed E-state index contributed by atoms with van der Waals surface area (Å²) in [4.78, 5) is 29.4. The first kappa shape index (κ1) is 21.3. The normalized spacial score (nSPS) is 10.6. The van der Waals surface area contributed by atoms with Crippen molar-refractivity contribution in [3.63, 3.8) is 0 Å². The molecule has 0 atom stereocenters. The van der Waals surface area contributed by atoms with E-state index in [1.807, 2.05) is 13.0 Å². The van der Waals surface area contributed by atoms with Crippen molar-refractivity contribution in [3.05, 3.63) is 59.9 Å². The number of aromatic nitrogens is 2. The Kier molecular flexibility index (Phi) is 7.62. The first-order chi connectivity index (χ1) is 14.0. The van der Waals surface area contributed by atoms with E-state index in [0.29, 0.717) is 21.5 Å². The minimum atomic E-state index is -0.396. The van der Waals surface area contributed by atoms with Crippen molar-refractivity contribution in [2.75, 3.05) is 22.1 Å². The number of rotatable bonds is 8. The number of nitrogens with zero attached hydrogens (tertiary/aromatic N) is 2. The van der Waals surface area contributed by atoms with Gasteiger partial charge in [0.15, 0.2) is 0 Å². The van der Waals surface area contributed by atoms with Gasteiger partial charge in [0.05, 0.1) is 5.75 Å². The number of halogens is 1. The summed E-state index contributed by atoms with van der Waals surface area (Å²) in [6.07, 6.45) is 0. The maximum atomic E-state index is 13.0. The van der Waals surface area contributed by atoms with Gasteiger partial charge in [0.1, 0.15) is 5.82 Å². The van der Waals surface area contributed by atoms with E-state index in [2.05, 4.69) is 20.0 Å². The van der Waals surface area contributed by atoms with Crippen LogP contribution in [0.5, 0.6) is 0 Å². The molecule has 6 nitrogen and oxygen atoms in total. The smallest absolute Gasteiger partial charge is 0.255 e. The Labute approximate surface area is 179 Å². The molecule has 1 aromatic heterocycles. The van der Waals surface area contributed by atoms with Crippen LogP contribution in [0.3, 0.4) is 0 Å². The Balaban J connectivity index is 1.53. The van der Waals surface area contributed by atoms with Crippen LogP contribution in [0.1, 0.15) is 17.3 Å². The van der Waals surface area contributed by atoms with Crippen molar-refractivity contribution in [1.82, 2.24) is 9.36 Å². The number of benzene rings is 2. The molecule has 10 heteroatoms. The fourth-order valence-electron chi connectivity index (χ4n) is 2.22. The molecule has 0 aliphatic heterocycles. The van der Waals surface area contributed by atoms with Crippen LogP contribution < -0.4 is 10.6 Å². The summed E-state index contributed by atoms with van der Waals surface area (Å²) in [5.41, 5.74) is 0.955. The molecule has 2 N–H and O–H groups in total. The fourth-order valence-corrected chi connectivity index (χ4v) is 4.26. The summed E-state index contributed by atoms with van der Waals surface area (Å²) >= 11 is 4.01. The molecular weight excluding hydrogens is 431 g/mol. The van der Waals surface area contributed by atoms with Gasteiger partial charge < -0.3 is 5.32 Å². The first-order valence-corrected chi connectivity index (χ1v) is 11.3. The van der Waals surface area contributed by atoms with Crippen LogP contribution in [-0.4, -0.2) is 32.7 Å². The average molecular weight is 449 g/mol. The molecule has 0 aliphatic carbocycles. The van der Waals surface area contributed by atoms with Crippen molar-refractivity contribution in [2.24, 2.45) is 0 Å². The summed E-state index contributed by atoms with van der Waals surface area (Å²) in [6.45, 7) is 2.01. The second kappa shape index (κ2) is 10.4. The number of anilines is 2. The number of amides is 2. The first-order valence-electron chi connectivity index (χ1n) is 8.59. The van der Waals surface area contributed by atoms with E-state index in [-0.39, 0.29) is 17.6 Å². The Bertz CT molecular complexity index is 995. The Morgan fingerprint density at radius 1 is 1.10 bits per heavy atom. The van der Waals surface area contributed by atoms with Crippen LogP contribution in [0.2, 0.25) is 0 Å². The largest absolute Gasteiger partial charge is 0.322 e. The molecule has 0 bridgehead atoms. The average Bonchev–Trinajstić information content (AvgIpc) is 3.14. The van der Waals surface area contributed by atoms with Crippen molar-refractivity contribution in [1.29, 1.82) is 0 Å². The van der Waals surface area contributed by atoms with E-state index >= 15 is 0 Å². The molecule has 2 aromatic carbocycles. The Hall–Kier alpha value is -2.43. The van der Waals surface area contributed by atoms with Crippen LogP contribution in [0, 0.1) is 5.82 Å². The number of thioether (sulfide) groups is 2. The molecule has 150 valence electrons. The Morgan fingerprint density at radius 3 is 2.66 bits per heavy atom. The van der Waals surface area contributed by atoms with Crippen molar-refractivity contribution < 1.29 is 14.0 Å². The molecule has 0 radical (unpaired) electrons. The highest BCUT2D eigenvalue weighted by atomic mass is 32.2. The maximum absolute atomic E-state index is 13.0. The third-order valence-electron chi connectivity index (χ3n) is 3.50. The zero-order valence-electron chi connectivity index (χ0n) is 15.3. The minimum Gasteiger partial charge on any atom is -0.322 e. The molecule has 0 saturated heterocycles. The lowest BCUT2D eigenvalue weighted by atomic mass is 10.2. The molecule has 1 heterocycles. The summed E-state index contributed by atoms with van der Waals surface area (Å²) in [7, 11) is 0. The molecule has 0 aliphatic rings. The molecule has 3 rings (SSSR count). The summed E-state index contributed by atoms with van der Waals surface area (Å²) in [5.74, 6) is 0.160. The zero-order chi connectivity index (χ0) is 20.6. The predicted octanol–water partition coefficient (Wildman–Crippen LogP) is 4.77. The summed E-state index contributed by atoms with van der Waals surface area (Å²) < 4.78 is 17.1. The van der Waals surface area contributed by atoms with E-state index in [0.717, 1.165) is 22.2 Å². The second-order valence-corrected chi connectivity index (χ2v) is 8.67. The SMILES string of the molecule is CCSc1nsc(NC(=O)CSc2cccc(NC(=O)c3ccc(F)cc3)c2)n1. The van der Waals surface area contributed by atoms with Gasteiger partial charge in [0.2, 0.25) is 16.2 Å². The summed E-state index contributed by atoms with van der Waals surface area (Å²) in [5, 5.41) is 6.64. The van der Waals surface area contributed by atoms with E-state index in [1.54, 1.807) is 18.2 Å². The van der Waals surface area contributed by atoms with E-state index in [1.165, 1.54) is 47.8 Å². The lowest BCUT2D eigenvalue weighted by Gasteiger charge is -2.07. The van der Waals surface area contributed by atoms with Gasteiger partial charge in [-0.2, -0.15) is 9.36 Å². The third-order valence-corrected chi connectivity index (χ3v) is 5.96. The van der Waals surface area contributed by atoms with E-state index in [4.69, 9.17) is 0 Å². The van der Waals surface area contributed by atoms with E-state index in [9.17, 15) is 14.0 Å². The quantitative estimate of drug-likeness (QED) is 0.483.